The highest BCUT2D eigenvalue weighted by atomic mass is 16.1. The van der Waals surface area contributed by atoms with Crippen LogP contribution in [0, 0.1) is 19.8 Å². The van der Waals surface area contributed by atoms with Crippen LogP contribution in [-0.4, -0.2) is 19.0 Å². The number of piperidine rings is 1. The van der Waals surface area contributed by atoms with Crippen molar-refractivity contribution in [3.63, 3.8) is 0 Å². The Labute approximate surface area is 157 Å². The number of hydrogen-bond acceptors (Lipinski definition) is 2. The molecule has 1 aliphatic heterocycles. The van der Waals surface area contributed by atoms with E-state index in [0.29, 0.717) is 0 Å². The van der Waals surface area contributed by atoms with Crippen LogP contribution < -0.4 is 10.2 Å². The summed E-state index contributed by atoms with van der Waals surface area (Å²) in [5, 5.41) is 3.13. The number of aryl methyl sites for hydroxylation is 2. The Morgan fingerprint density at radius 2 is 1.88 bits per heavy atom. The molecule has 3 rings (SSSR count). The van der Waals surface area contributed by atoms with Crippen LogP contribution in [0.4, 0.5) is 5.69 Å². The van der Waals surface area contributed by atoms with Gasteiger partial charge < -0.3 is 10.2 Å². The molecular formula is C23H30N2O. The predicted molar refractivity (Wildman–Crippen MR) is 109 cm³/mol. The van der Waals surface area contributed by atoms with E-state index in [1.54, 1.807) is 0 Å². The summed E-state index contributed by atoms with van der Waals surface area (Å²) >= 11 is 0. The van der Waals surface area contributed by atoms with Crippen LogP contribution in [0.3, 0.4) is 0 Å². The Morgan fingerprint density at radius 3 is 2.54 bits per heavy atom. The van der Waals surface area contributed by atoms with Gasteiger partial charge in [0.25, 0.3) is 5.91 Å². The van der Waals surface area contributed by atoms with Gasteiger partial charge in [-0.1, -0.05) is 36.8 Å². The van der Waals surface area contributed by atoms with Crippen LogP contribution in [0.25, 0.3) is 0 Å². The molecule has 0 aromatic heterocycles. The van der Waals surface area contributed by atoms with Crippen molar-refractivity contribution in [2.24, 2.45) is 5.92 Å². The van der Waals surface area contributed by atoms with Gasteiger partial charge in [-0.3, -0.25) is 4.79 Å². The molecule has 0 radical (unpaired) electrons. The van der Waals surface area contributed by atoms with Crippen molar-refractivity contribution in [3.8, 4) is 0 Å². The molecule has 26 heavy (non-hydrogen) atoms. The number of nitrogens with one attached hydrogen (secondary N) is 1. The van der Waals surface area contributed by atoms with Crippen LogP contribution in [0.5, 0.6) is 0 Å². The number of carbonyl (C=O) groups excluding carboxylic acids is 1. The fourth-order valence-corrected chi connectivity index (χ4v) is 3.82. The van der Waals surface area contributed by atoms with E-state index in [4.69, 9.17) is 0 Å². The maximum Gasteiger partial charge on any atom is 0.252 e. The lowest BCUT2D eigenvalue weighted by Crippen LogP contribution is -2.34. The molecule has 1 N–H and O–H groups in total. The van der Waals surface area contributed by atoms with Gasteiger partial charge in [0.2, 0.25) is 0 Å². The Bertz CT molecular complexity index is 766. The molecule has 0 saturated carbocycles. The topological polar surface area (TPSA) is 32.3 Å². The number of nitrogens with zero attached hydrogens (tertiary/aromatic N) is 1. The molecule has 1 heterocycles. The van der Waals surface area contributed by atoms with Crippen molar-refractivity contribution in [1.82, 2.24) is 5.32 Å². The molecule has 1 aliphatic rings. The molecule has 0 unspecified atom stereocenters. The standard InChI is InChI=1S/C23H30N2O/c1-16-7-12-22(18(3)14-16)23(26)24-19(4)20-8-10-21(11-9-20)25-13-5-6-17(2)15-25/h7-12,14,17,19H,5-6,13,15H2,1-4H3,(H,24,26)/t17-,19+/m1/s1. The molecule has 2 atom stereocenters. The van der Waals surface area contributed by atoms with Gasteiger partial charge in [-0.15, -0.1) is 0 Å². The zero-order valence-electron chi connectivity index (χ0n) is 16.4. The molecule has 138 valence electrons. The van der Waals surface area contributed by atoms with Gasteiger partial charge in [-0.05, 0) is 68.9 Å². The van der Waals surface area contributed by atoms with Crippen LogP contribution in [-0.2, 0) is 0 Å². The minimum Gasteiger partial charge on any atom is -0.371 e. The van der Waals surface area contributed by atoms with E-state index in [1.807, 2.05) is 39.0 Å². The number of amides is 1. The highest BCUT2D eigenvalue weighted by Crippen LogP contribution is 2.25. The molecule has 2 aromatic carbocycles. The molecule has 0 aliphatic carbocycles. The minimum atomic E-state index is -0.0162. The van der Waals surface area contributed by atoms with Crippen LogP contribution in [0.15, 0.2) is 42.5 Å². The fraction of sp³-hybridized carbons (Fsp3) is 0.435. The highest BCUT2D eigenvalue weighted by molar-refractivity contribution is 5.95. The van der Waals surface area contributed by atoms with Gasteiger partial charge in [-0.2, -0.15) is 0 Å². The van der Waals surface area contributed by atoms with Crippen LogP contribution in [0.1, 0.15) is 59.8 Å². The number of carbonyl (C=O) groups is 1. The van der Waals surface area contributed by atoms with Gasteiger partial charge in [0.15, 0.2) is 0 Å². The first-order chi connectivity index (χ1) is 12.4. The zero-order chi connectivity index (χ0) is 18.7. The van der Waals surface area contributed by atoms with Crippen molar-refractivity contribution < 1.29 is 4.79 Å². The lowest BCUT2D eigenvalue weighted by Gasteiger charge is -2.33. The zero-order valence-corrected chi connectivity index (χ0v) is 16.4. The lowest BCUT2D eigenvalue weighted by molar-refractivity contribution is 0.0939. The summed E-state index contributed by atoms with van der Waals surface area (Å²) in [5.74, 6) is 0.753. The third kappa shape index (κ3) is 4.27. The summed E-state index contributed by atoms with van der Waals surface area (Å²) in [6, 6.07) is 14.6. The monoisotopic (exact) mass is 350 g/mol. The van der Waals surface area contributed by atoms with Crippen LogP contribution in [0.2, 0.25) is 0 Å². The molecule has 1 amide bonds. The largest absolute Gasteiger partial charge is 0.371 e. The first kappa shape index (κ1) is 18.5. The highest BCUT2D eigenvalue weighted by Gasteiger charge is 2.17. The second-order valence-electron chi connectivity index (χ2n) is 7.80. The first-order valence-corrected chi connectivity index (χ1v) is 9.67. The maximum absolute atomic E-state index is 12.6. The average Bonchev–Trinajstić information content (AvgIpc) is 2.61. The van der Waals surface area contributed by atoms with Crippen molar-refractivity contribution in [2.45, 2.75) is 46.6 Å². The molecule has 1 fully saturated rings. The van der Waals surface area contributed by atoms with Gasteiger partial charge in [0.05, 0.1) is 6.04 Å². The molecule has 2 aromatic rings. The third-order valence-electron chi connectivity index (χ3n) is 5.39. The molecular weight excluding hydrogens is 320 g/mol. The Balaban J connectivity index is 1.66. The van der Waals surface area contributed by atoms with E-state index >= 15 is 0 Å². The second kappa shape index (κ2) is 7.94. The Hall–Kier alpha value is -2.29. The Morgan fingerprint density at radius 1 is 1.15 bits per heavy atom. The summed E-state index contributed by atoms with van der Waals surface area (Å²) < 4.78 is 0. The van der Waals surface area contributed by atoms with E-state index in [1.165, 1.54) is 24.1 Å². The summed E-state index contributed by atoms with van der Waals surface area (Å²) in [6.45, 7) is 10.7. The van der Waals surface area contributed by atoms with Crippen molar-refractivity contribution in [1.29, 1.82) is 0 Å². The number of benzene rings is 2. The Kier molecular flexibility index (Phi) is 5.65. The first-order valence-electron chi connectivity index (χ1n) is 9.67. The van der Waals surface area contributed by atoms with Crippen molar-refractivity contribution >= 4 is 11.6 Å². The minimum absolute atomic E-state index is 0.0102. The van der Waals surface area contributed by atoms with Crippen molar-refractivity contribution in [2.75, 3.05) is 18.0 Å². The number of hydrogen-bond donors (Lipinski definition) is 1. The lowest BCUT2D eigenvalue weighted by atomic mass is 9.99. The quantitative estimate of drug-likeness (QED) is 0.839. The van der Waals surface area contributed by atoms with Gasteiger partial charge >= 0.3 is 0 Å². The second-order valence-corrected chi connectivity index (χ2v) is 7.80. The number of rotatable bonds is 4. The van der Waals surface area contributed by atoms with Gasteiger partial charge in [0, 0.05) is 24.3 Å². The third-order valence-corrected chi connectivity index (χ3v) is 5.39. The SMILES string of the molecule is Cc1ccc(C(=O)N[C@@H](C)c2ccc(N3CCC[C@@H](C)C3)cc2)c(C)c1. The van der Waals surface area contributed by atoms with Crippen molar-refractivity contribution in [3.05, 3.63) is 64.7 Å². The molecule has 0 bridgehead atoms. The molecule has 3 nitrogen and oxygen atoms in total. The summed E-state index contributed by atoms with van der Waals surface area (Å²) in [4.78, 5) is 15.1. The predicted octanol–water partition coefficient (Wildman–Crippen LogP) is 5.03. The van der Waals surface area contributed by atoms with E-state index in [0.717, 1.165) is 35.7 Å². The van der Waals surface area contributed by atoms with Gasteiger partial charge in [-0.25, -0.2) is 0 Å². The average molecular weight is 351 g/mol. The molecule has 0 spiro atoms. The normalized spacial score (nSPS) is 18.5. The summed E-state index contributed by atoms with van der Waals surface area (Å²) in [5.41, 5.74) is 5.37. The van der Waals surface area contributed by atoms with Gasteiger partial charge in [0.1, 0.15) is 0 Å². The maximum atomic E-state index is 12.6. The van der Waals surface area contributed by atoms with E-state index < -0.39 is 0 Å². The van der Waals surface area contributed by atoms with E-state index in [-0.39, 0.29) is 11.9 Å². The van der Waals surface area contributed by atoms with Crippen LogP contribution >= 0.6 is 0 Å². The summed E-state index contributed by atoms with van der Waals surface area (Å²) in [7, 11) is 0. The number of anilines is 1. The smallest absolute Gasteiger partial charge is 0.252 e. The fourth-order valence-electron chi connectivity index (χ4n) is 3.82. The summed E-state index contributed by atoms with van der Waals surface area (Å²) in [6.07, 6.45) is 2.60. The van der Waals surface area contributed by atoms with E-state index in [9.17, 15) is 4.79 Å². The molecule has 1 saturated heterocycles. The van der Waals surface area contributed by atoms with E-state index in [2.05, 4.69) is 41.4 Å². The molecule has 3 heteroatoms.